The number of piperazine rings is 1. The molecule has 1 heterocycles. The maximum absolute atomic E-state index is 13.0. The third kappa shape index (κ3) is 5.16. The van der Waals surface area contributed by atoms with Crippen LogP contribution in [0.4, 0.5) is 18.9 Å². The third-order valence-corrected chi connectivity index (χ3v) is 3.96. The number of benzene rings is 1. The van der Waals surface area contributed by atoms with Crippen molar-refractivity contribution in [3.8, 4) is 0 Å². The lowest BCUT2D eigenvalue weighted by Gasteiger charge is -2.27. The van der Waals surface area contributed by atoms with E-state index in [2.05, 4.69) is 31.5 Å². The van der Waals surface area contributed by atoms with Crippen molar-refractivity contribution in [1.82, 2.24) is 10.2 Å². The molecule has 1 aliphatic heterocycles. The van der Waals surface area contributed by atoms with E-state index in [1.165, 1.54) is 6.07 Å². The maximum atomic E-state index is 13.0. The van der Waals surface area contributed by atoms with Crippen molar-refractivity contribution in [2.45, 2.75) is 12.6 Å². The molecule has 3 nitrogen and oxygen atoms in total. The Balaban J connectivity index is 1.85. The van der Waals surface area contributed by atoms with Crippen LogP contribution in [0.2, 0.25) is 0 Å². The Bertz CT molecular complexity index is 459. The van der Waals surface area contributed by atoms with E-state index in [4.69, 9.17) is 0 Å². The summed E-state index contributed by atoms with van der Waals surface area (Å²) in [7, 11) is 0. The zero-order valence-corrected chi connectivity index (χ0v) is 13.2. The van der Waals surface area contributed by atoms with Gasteiger partial charge in [0.15, 0.2) is 0 Å². The number of anilines is 1. The minimum absolute atomic E-state index is 0.144. The Morgan fingerprint density at radius 2 is 1.95 bits per heavy atom. The first-order chi connectivity index (χ1) is 9.97. The van der Waals surface area contributed by atoms with Gasteiger partial charge in [-0.2, -0.15) is 13.2 Å². The van der Waals surface area contributed by atoms with Gasteiger partial charge in [-0.3, -0.25) is 0 Å². The van der Waals surface area contributed by atoms with Crippen molar-refractivity contribution in [2.75, 3.05) is 44.6 Å². The molecule has 0 bridgehead atoms. The molecule has 0 amide bonds. The molecule has 0 aliphatic carbocycles. The van der Waals surface area contributed by atoms with Crippen LogP contribution in [0.3, 0.4) is 0 Å². The van der Waals surface area contributed by atoms with Crippen molar-refractivity contribution in [3.63, 3.8) is 0 Å². The summed E-state index contributed by atoms with van der Waals surface area (Å²) in [6, 6.07) is 4.20. The highest BCUT2D eigenvalue weighted by molar-refractivity contribution is 9.10. The number of alkyl halides is 3. The van der Waals surface area contributed by atoms with Crippen molar-refractivity contribution in [2.24, 2.45) is 0 Å². The predicted molar refractivity (Wildman–Crippen MR) is 81.6 cm³/mol. The van der Waals surface area contributed by atoms with Crippen molar-refractivity contribution < 1.29 is 13.2 Å². The number of nitrogens with zero attached hydrogens (tertiary/aromatic N) is 1. The first-order valence-electron chi connectivity index (χ1n) is 7.00. The van der Waals surface area contributed by atoms with E-state index in [0.29, 0.717) is 11.0 Å². The Kier molecular flexibility index (Phi) is 5.89. The van der Waals surface area contributed by atoms with Gasteiger partial charge in [-0.1, -0.05) is 15.9 Å². The van der Waals surface area contributed by atoms with Crippen LogP contribution in [0, 0.1) is 0 Å². The topological polar surface area (TPSA) is 27.3 Å². The molecule has 1 saturated heterocycles. The first kappa shape index (κ1) is 16.6. The van der Waals surface area contributed by atoms with Crippen LogP contribution in [0.25, 0.3) is 0 Å². The maximum Gasteiger partial charge on any atom is 0.418 e. The van der Waals surface area contributed by atoms with Gasteiger partial charge in [0.25, 0.3) is 0 Å². The molecule has 7 heteroatoms. The summed E-state index contributed by atoms with van der Waals surface area (Å²) in [5.74, 6) is 0. The second kappa shape index (κ2) is 7.47. The molecule has 0 atom stereocenters. The molecule has 1 aromatic rings. The lowest BCUT2D eigenvalue weighted by molar-refractivity contribution is -0.137. The minimum atomic E-state index is -4.34. The highest BCUT2D eigenvalue weighted by atomic mass is 79.9. The first-order valence-corrected chi connectivity index (χ1v) is 7.80. The van der Waals surface area contributed by atoms with E-state index in [-0.39, 0.29) is 5.69 Å². The molecule has 0 spiro atoms. The predicted octanol–water partition coefficient (Wildman–Crippen LogP) is 3.18. The molecule has 0 radical (unpaired) electrons. The normalized spacial score (nSPS) is 17.0. The van der Waals surface area contributed by atoms with E-state index < -0.39 is 11.7 Å². The van der Waals surface area contributed by atoms with E-state index in [1.807, 2.05) is 0 Å². The standard InChI is InChI=1S/C14H19BrF3N3/c15-11-2-3-13(12(10-11)14(16,17)18)20-4-1-7-21-8-5-19-6-9-21/h2-3,10,19-20H,1,4-9H2. The molecule has 0 aromatic heterocycles. The molecule has 1 fully saturated rings. The fourth-order valence-corrected chi connectivity index (χ4v) is 2.73. The number of hydrogen-bond donors (Lipinski definition) is 2. The lowest BCUT2D eigenvalue weighted by Crippen LogP contribution is -2.44. The summed E-state index contributed by atoms with van der Waals surface area (Å²) in [6.07, 6.45) is -3.52. The lowest BCUT2D eigenvalue weighted by atomic mass is 10.1. The van der Waals surface area contributed by atoms with Crippen LogP contribution in [-0.2, 0) is 6.18 Å². The zero-order chi connectivity index (χ0) is 15.3. The average molecular weight is 366 g/mol. The summed E-state index contributed by atoms with van der Waals surface area (Å²) in [4.78, 5) is 2.32. The molecule has 1 aliphatic rings. The molecular weight excluding hydrogens is 347 g/mol. The van der Waals surface area contributed by atoms with Gasteiger partial charge in [-0.15, -0.1) is 0 Å². The summed E-state index contributed by atoms with van der Waals surface area (Å²) in [5.41, 5.74) is -0.481. The van der Waals surface area contributed by atoms with Crippen LogP contribution in [0.15, 0.2) is 22.7 Å². The quantitative estimate of drug-likeness (QED) is 0.784. The summed E-state index contributed by atoms with van der Waals surface area (Å²) < 4.78 is 39.3. The van der Waals surface area contributed by atoms with Crippen LogP contribution in [0.5, 0.6) is 0 Å². The van der Waals surface area contributed by atoms with Crippen LogP contribution >= 0.6 is 15.9 Å². The van der Waals surface area contributed by atoms with Crippen molar-refractivity contribution in [1.29, 1.82) is 0 Å². The summed E-state index contributed by atoms with van der Waals surface area (Å²) in [5, 5.41) is 6.18. The number of halogens is 4. The van der Waals surface area contributed by atoms with E-state index >= 15 is 0 Å². The van der Waals surface area contributed by atoms with Gasteiger partial charge >= 0.3 is 6.18 Å². The smallest absolute Gasteiger partial charge is 0.385 e. The fourth-order valence-electron chi connectivity index (χ4n) is 2.37. The Morgan fingerprint density at radius 1 is 1.24 bits per heavy atom. The molecular formula is C14H19BrF3N3. The summed E-state index contributed by atoms with van der Waals surface area (Å²) in [6.45, 7) is 5.43. The largest absolute Gasteiger partial charge is 0.418 e. The summed E-state index contributed by atoms with van der Waals surface area (Å²) >= 11 is 3.08. The van der Waals surface area contributed by atoms with Gasteiger partial charge in [0.2, 0.25) is 0 Å². The Hall–Kier alpha value is -0.790. The van der Waals surface area contributed by atoms with Gasteiger partial charge in [0, 0.05) is 42.9 Å². The number of rotatable bonds is 5. The van der Waals surface area contributed by atoms with Crippen LogP contribution < -0.4 is 10.6 Å². The second-order valence-corrected chi connectivity index (χ2v) is 5.98. The highest BCUT2D eigenvalue weighted by Crippen LogP contribution is 2.36. The van der Waals surface area contributed by atoms with Crippen molar-refractivity contribution >= 4 is 21.6 Å². The van der Waals surface area contributed by atoms with Crippen LogP contribution in [-0.4, -0.2) is 44.2 Å². The molecule has 118 valence electrons. The molecule has 2 rings (SSSR count). The monoisotopic (exact) mass is 365 g/mol. The second-order valence-electron chi connectivity index (χ2n) is 5.06. The van der Waals surface area contributed by atoms with Gasteiger partial charge in [-0.25, -0.2) is 0 Å². The molecule has 21 heavy (non-hydrogen) atoms. The molecule has 1 aromatic carbocycles. The average Bonchev–Trinajstić information content (AvgIpc) is 2.45. The molecule has 0 saturated carbocycles. The van der Waals surface area contributed by atoms with Crippen LogP contribution in [0.1, 0.15) is 12.0 Å². The fraction of sp³-hybridized carbons (Fsp3) is 0.571. The Morgan fingerprint density at radius 3 is 2.62 bits per heavy atom. The van der Waals surface area contributed by atoms with Crippen molar-refractivity contribution in [3.05, 3.63) is 28.2 Å². The molecule has 2 N–H and O–H groups in total. The van der Waals surface area contributed by atoms with Gasteiger partial charge in [0.1, 0.15) is 0 Å². The van der Waals surface area contributed by atoms with E-state index in [0.717, 1.165) is 45.2 Å². The Labute approximate surface area is 131 Å². The zero-order valence-electron chi connectivity index (χ0n) is 11.6. The number of hydrogen-bond acceptors (Lipinski definition) is 3. The van der Waals surface area contributed by atoms with Gasteiger partial charge in [-0.05, 0) is 31.2 Å². The van der Waals surface area contributed by atoms with E-state index in [1.54, 1.807) is 6.07 Å². The third-order valence-electron chi connectivity index (χ3n) is 3.46. The molecule has 0 unspecified atom stereocenters. The number of nitrogens with one attached hydrogen (secondary N) is 2. The SMILES string of the molecule is FC(F)(F)c1cc(Br)ccc1NCCCN1CCNCC1. The van der Waals surface area contributed by atoms with Gasteiger partial charge in [0.05, 0.1) is 5.56 Å². The van der Waals surface area contributed by atoms with E-state index in [9.17, 15) is 13.2 Å². The van der Waals surface area contributed by atoms with Gasteiger partial charge < -0.3 is 15.5 Å². The minimum Gasteiger partial charge on any atom is -0.385 e. The highest BCUT2D eigenvalue weighted by Gasteiger charge is 2.33.